The van der Waals surface area contributed by atoms with Crippen molar-refractivity contribution in [2.75, 3.05) is 6.61 Å². The van der Waals surface area contributed by atoms with Gasteiger partial charge in [0.25, 0.3) is 0 Å². The minimum Gasteiger partial charge on any atom is -0.414 e. The Balaban J connectivity index is 2.02. The van der Waals surface area contributed by atoms with E-state index >= 15 is 0 Å². The zero-order valence-corrected chi connectivity index (χ0v) is 16.9. The fraction of sp³-hybridized carbons (Fsp3) is 0.632. The minimum atomic E-state index is -1.28. The molecule has 1 heterocycles. The van der Waals surface area contributed by atoms with Crippen LogP contribution >= 0.6 is 0 Å². The molecular formula is C19H31NO3Si. The molecule has 2 rings (SSSR count). The maximum atomic E-state index is 12.3. The molecule has 1 aromatic rings. The number of hydrogen-bond acceptors (Lipinski definition) is 3. The second-order valence-corrected chi connectivity index (χ2v) is 10.5. The number of rotatable bonds is 7. The third-order valence-electron chi connectivity index (χ3n) is 4.98. The molecule has 1 amide bonds. The Labute approximate surface area is 147 Å². The van der Waals surface area contributed by atoms with E-state index in [1.165, 1.54) is 0 Å². The van der Waals surface area contributed by atoms with Gasteiger partial charge in [0.1, 0.15) is 0 Å². The molecule has 0 aromatic heterocycles. The predicted molar refractivity (Wildman–Crippen MR) is 99.3 cm³/mol. The maximum absolute atomic E-state index is 12.3. The van der Waals surface area contributed by atoms with E-state index in [1.807, 2.05) is 30.3 Å². The normalized spacial score (nSPS) is 23.5. The average Bonchev–Trinajstić information content (AvgIpc) is 2.45. The molecule has 4 nitrogen and oxygen atoms in total. The lowest BCUT2D eigenvalue weighted by atomic mass is 9.64. The summed E-state index contributed by atoms with van der Waals surface area (Å²) in [5.74, 6) is -0.0847. The standard InChI is InChI=1S/C19H31NO3Si/c1-18(2,3)19(4,23-24(5)6)16-15(20-17(16)21)13-22-12-14-10-8-7-9-11-14/h7-11,15-16,24H,12-13H2,1-6H3,(H,20,21)/t15?,16?,19-/m0/s1. The van der Waals surface area contributed by atoms with Gasteiger partial charge >= 0.3 is 0 Å². The molecule has 0 saturated carbocycles. The lowest BCUT2D eigenvalue weighted by Crippen LogP contribution is -2.71. The van der Waals surface area contributed by atoms with Crippen molar-refractivity contribution in [3.05, 3.63) is 35.9 Å². The first kappa shape index (κ1) is 19.2. The summed E-state index contributed by atoms with van der Waals surface area (Å²) >= 11 is 0. The smallest absolute Gasteiger partial charge is 0.228 e. The second kappa shape index (κ2) is 7.38. The van der Waals surface area contributed by atoms with Gasteiger partial charge in [-0.25, -0.2) is 0 Å². The summed E-state index contributed by atoms with van der Waals surface area (Å²) < 4.78 is 12.3. The Kier molecular flexibility index (Phi) is 5.89. The topological polar surface area (TPSA) is 47.6 Å². The highest BCUT2D eigenvalue weighted by Crippen LogP contribution is 2.44. The van der Waals surface area contributed by atoms with Crippen LogP contribution < -0.4 is 5.32 Å². The largest absolute Gasteiger partial charge is 0.414 e. The monoisotopic (exact) mass is 349 g/mol. The Hall–Kier alpha value is -1.17. The van der Waals surface area contributed by atoms with Gasteiger partial charge < -0.3 is 14.5 Å². The van der Waals surface area contributed by atoms with Gasteiger partial charge in [-0.3, -0.25) is 4.79 Å². The first-order chi connectivity index (χ1) is 11.1. The van der Waals surface area contributed by atoms with Crippen LogP contribution in [0.1, 0.15) is 33.3 Å². The number of hydrogen-bond donors (Lipinski definition) is 1. The highest BCUT2D eigenvalue weighted by molar-refractivity contribution is 6.48. The highest BCUT2D eigenvalue weighted by Gasteiger charge is 2.57. The molecule has 134 valence electrons. The average molecular weight is 350 g/mol. The van der Waals surface area contributed by atoms with Crippen LogP contribution in [-0.4, -0.2) is 33.2 Å². The summed E-state index contributed by atoms with van der Waals surface area (Å²) in [6, 6.07) is 10.1. The van der Waals surface area contributed by atoms with Gasteiger partial charge in [0.05, 0.1) is 30.8 Å². The van der Waals surface area contributed by atoms with Crippen molar-refractivity contribution in [1.82, 2.24) is 5.32 Å². The van der Waals surface area contributed by atoms with Crippen molar-refractivity contribution in [2.45, 2.75) is 59.0 Å². The third kappa shape index (κ3) is 4.07. The van der Waals surface area contributed by atoms with Crippen molar-refractivity contribution >= 4 is 14.9 Å². The summed E-state index contributed by atoms with van der Waals surface area (Å²) in [4.78, 5) is 12.3. The molecule has 0 spiro atoms. The van der Waals surface area contributed by atoms with Crippen LogP contribution in [0.15, 0.2) is 30.3 Å². The van der Waals surface area contributed by atoms with E-state index in [1.54, 1.807) is 0 Å². The lowest BCUT2D eigenvalue weighted by molar-refractivity contribution is -0.163. The van der Waals surface area contributed by atoms with Crippen molar-refractivity contribution in [3.8, 4) is 0 Å². The van der Waals surface area contributed by atoms with Gasteiger partial charge in [0, 0.05) is 0 Å². The van der Waals surface area contributed by atoms with Crippen molar-refractivity contribution in [3.63, 3.8) is 0 Å². The Bertz CT molecular complexity index is 555. The summed E-state index contributed by atoms with van der Waals surface area (Å²) in [5, 5.41) is 3.00. The van der Waals surface area contributed by atoms with Crippen LogP contribution in [0.5, 0.6) is 0 Å². The number of ether oxygens (including phenoxy) is 1. The molecule has 1 aliphatic heterocycles. The number of carbonyl (C=O) groups excluding carboxylic acids is 1. The molecule has 24 heavy (non-hydrogen) atoms. The summed E-state index contributed by atoms with van der Waals surface area (Å²) in [5.41, 5.74) is 0.546. The number of carbonyl (C=O) groups is 1. The van der Waals surface area contributed by atoms with E-state index in [0.29, 0.717) is 13.2 Å². The van der Waals surface area contributed by atoms with Crippen molar-refractivity contribution in [1.29, 1.82) is 0 Å². The zero-order chi connectivity index (χ0) is 18.0. The fourth-order valence-electron chi connectivity index (χ4n) is 3.30. The van der Waals surface area contributed by atoms with Gasteiger partial charge in [-0.05, 0) is 31.0 Å². The number of β-lactam (4-membered cyclic amide) rings is 1. The number of nitrogens with one attached hydrogen (secondary N) is 1. The summed E-state index contributed by atoms with van der Waals surface area (Å²) in [6.07, 6.45) is 0. The Morgan fingerprint density at radius 2 is 1.75 bits per heavy atom. The van der Waals surface area contributed by atoms with Crippen LogP contribution in [0.4, 0.5) is 0 Å². The molecular weight excluding hydrogens is 318 g/mol. The predicted octanol–water partition coefficient (Wildman–Crippen LogP) is 3.12. The van der Waals surface area contributed by atoms with Crippen LogP contribution in [-0.2, 0) is 20.6 Å². The number of benzene rings is 1. The maximum Gasteiger partial charge on any atom is 0.228 e. The Morgan fingerprint density at radius 3 is 2.25 bits per heavy atom. The van der Waals surface area contributed by atoms with Crippen LogP contribution in [0, 0.1) is 11.3 Å². The van der Waals surface area contributed by atoms with E-state index in [2.05, 4.69) is 46.1 Å². The van der Waals surface area contributed by atoms with Crippen molar-refractivity contribution in [2.24, 2.45) is 11.3 Å². The lowest BCUT2D eigenvalue weighted by Gasteiger charge is -2.54. The second-order valence-electron chi connectivity index (χ2n) is 8.12. The van der Waals surface area contributed by atoms with Crippen LogP contribution in [0.3, 0.4) is 0 Å². The van der Waals surface area contributed by atoms with Gasteiger partial charge in [0.15, 0.2) is 9.04 Å². The Morgan fingerprint density at radius 1 is 1.12 bits per heavy atom. The number of amides is 1. The molecule has 0 radical (unpaired) electrons. The molecule has 1 saturated heterocycles. The first-order valence-electron chi connectivity index (χ1n) is 8.75. The van der Waals surface area contributed by atoms with E-state index < -0.39 is 14.6 Å². The quantitative estimate of drug-likeness (QED) is 0.608. The van der Waals surface area contributed by atoms with Gasteiger partial charge in [0.2, 0.25) is 5.91 Å². The van der Waals surface area contributed by atoms with Crippen LogP contribution in [0.2, 0.25) is 13.1 Å². The molecule has 1 N–H and O–H groups in total. The third-order valence-corrected chi connectivity index (χ3v) is 5.95. The van der Waals surface area contributed by atoms with E-state index in [9.17, 15) is 4.79 Å². The van der Waals surface area contributed by atoms with Gasteiger partial charge in [-0.1, -0.05) is 51.1 Å². The molecule has 2 unspecified atom stereocenters. The SMILES string of the molecule is C[SiH](C)O[C@@](C)(C1C(=O)NC1COCc1ccccc1)C(C)(C)C. The zero-order valence-electron chi connectivity index (χ0n) is 15.8. The molecule has 0 aliphatic carbocycles. The van der Waals surface area contributed by atoms with Crippen molar-refractivity contribution < 1.29 is 14.0 Å². The van der Waals surface area contributed by atoms with Gasteiger partial charge in [-0.2, -0.15) is 0 Å². The molecule has 3 atom stereocenters. The summed E-state index contributed by atoms with van der Waals surface area (Å²) in [7, 11) is -1.28. The van der Waals surface area contributed by atoms with Gasteiger partial charge in [-0.15, -0.1) is 0 Å². The van der Waals surface area contributed by atoms with E-state index in [0.717, 1.165) is 5.56 Å². The minimum absolute atomic E-state index is 0.0122. The van der Waals surface area contributed by atoms with E-state index in [-0.39, 0.29) is 23.3 Å². The molecule has 5 heteroatoms. The molecule has 1 aliphatic rings. The highest BCUT2D eigenvalue weighted by atomic mass is 28.3. The summed E-state index contributed by atoms with van der Waals surface area (Å²) in [6.45, 7) is 13.9. The fourth-order valence-corrected chi connectivity index (χ4v) is 4.78. The van der Waals surface area contributed by atoms with Crippen LogP contribution in [0.25, 0.3) is 0 Å². The molecule has 0 bridgehead atoms. The molecule has 1 fully saturated rings. The first-order valence-corrected chi connectivity index (χ1v) is 11.5. The molecule has 1 aromatic carbocycles. The van der Waals surface area contributed by atoms with E-state index in [4.69, 9.17) is 9.16 Å².